The second-order valence-corrected chi connectivity index (χ2v) is 7.91. The first-order valence-corrected chi connectivity index (χ1v) is 10.3. The number of amides is 1. The molecule has 0 spiro atoms. The molecule has 1 aliphatic rings. The molecule has 0 saturated heterocycles. The van der Waals surface area contributed by atoms with Crippen LogP contribution in [-0.2, 0) is 12.8 Å². The molecule has 0 radical (unpaired) electrons. The van der Waals surface area contributed by atoms with Crippen molar-refractivity contribution in [2.75, 3.05) is 14.2 Å². The molecule has 32 heavy (non-hydrogen) atoms. The highest BCUT2D eigenvalue weighted by Crippen LogP contribution is 2.34. The Morgan fingerprint density at radius 3 is 2.75 bits per heavy atom. The molecule has 3 aromatic rings. The summed E-state index contributed by atoms with van der Waals surface area (Å²) in [5.41, 5.74) is 6.65. The van der Waals surface area contributed by atoms with Gasteiger partial charge in [0.05, 0.1) is 25.4 Å². The van der Waals surface area contributed by atoms with E-state index in [1.807, 2.05) is 12.1 Å². The molecule has 166 valence electrons. The zero-order valence-electron chi connectivity index (χ0n) is 18.1. The van der Waals surface area contributed by atoms with E-state index in [1.54, 1.807) is 6.07 Å². The number of rotatable bonds is 6. The highest BCUT2D eigenvalue weighted by molar-refractivity contribution is 5.99. The van der Waals surface area contributed by atoms with Crippen LogP contribution in [0.25, 0.3) is 10.9 Å². The first-order chi connectivity index (χ1) is 15.4. The maximum atomic E-state index is 12.7. The smallest absolute Gasteiger partial charge is 0.311 e. The lowest BCUT2D eigenvalue weighted by atomic mass is 9.87. The first kappa shape index (κ1) is 21.4. The summed E-state index contributed by atoms with van der Waals surface area (Å²) in [6.07, 6.45) is 4.48. The maximum Gasteiger partial charge on any atom is 0.311 e. The summed E-state index contributed by atoms with van der Waals surface area (Å²) < 4.78 is 10.3. The molecule has 2 aromatic carbocycles. The number of hydrogen-bond acceptors (Lipinski definition) is 6. The number of fused-ring (bicyclic) bond motifs is 3. The van der Waals surface area contributed by atoms with Crippen LogP contribution in [0.3, 0.4) is 0 Å². The number of nitro groups is 1. The van der Waals surface area contributed by atoms with Gasteiger partial charge in [0.25, 0.3) is 5.91 Å². The fraction of sp³-hybridized carbons (Fsp3) is 0.304. The quantitative estimate of drug-likeness (QED) is 0.344. The number of methoxy groups -OCH3 is 2. The van der Waals surface area contributed by atoms with Gasteiger partial charge in [-0.3, -0.25) is 14.9 Å². The van der Waals surface area contributed by atoms with Crippen LogP contribution in [0.2, 0.25) is 0 Å². The van der Waals surface area contributed by atoms with Gasteiger partial charge in [-0.1, -0.05) is 6.92 Å². The highest BCUT2D eigenvalue weighted by Gasteiger charge is 2.21. The second-order valence-electron chi connectivity index (χ2n) is 7.91. The van der Waals surface area contributed by atoms with E-state index in [0.717, 1.165) is 30.2 Å². The normalized spacial score (nSPS) is 15.5. The molecule has 0 bridgehead atoms. The Labute approximate surface area is 184 Å². The zero-order valence-corrected chi connectivity index (χ0v) is 18.1. The number of ether oxygens (including phenoxy) is 2. The number of aromatic nitrogens is 1. The topological polar surface area (TPSA) is 119 Å². The van der Waals surface area contributed by atoms with Crippen molar-refractivity contribution >= 4 is 28.7 Å². The molecule has 0 saturated carbocycles. The zero-order chi connectivity index (χ0) is 22.8. The molecule has 2 N–H and O–H groups in total. The maximum absolute atomic E-state index is 12.7. The SMILES string of the molecule is COc1cc(OC)c([N+](=O)[O-])cc1/C=N\NC(=O)c1ccc2[nH]c3c(c2c1)CC(C)CC3. The van der Waals surface area contributed by atoms with Crippen molar-refractivity contribution in [3.8, 4) is 11.5 Å². The van der Waals surface area contributed by atoms with Gasteiger partial charge in [-0.15, -0.1) is 0 Å². The Morgan fingerprint density at radius 1 is 1.25 bits per heavy atom. The number of aromatic amines is 1. The van der Waals surface area contributed by atoms with E-state index in [4.69, 9.17) is 9.47 Å². The standard InChI is InChI=1S/C23H24N4O5/c1-13-4-6-18-16(8-13)17-9-14(5-7-19(17)25-18)23(28)26-24-12-15-10-20(27(29)30)22(32-3)11-21(15)31-2/h5,7,9-13,25H,4,6,8H2,1-3H3,(H,26,28)/b24-12-. The number of nitro benzene ring substituents is 1. The summed E-state index contributed by atoms with van der Waals surface area (Å²) in [4.78, 5) is 26.9. The Hall–Kier alpha value is -3.88. The van der Waals surface area contributed by atoms with Gasteiger partial charge >= 0.3 is 5.69 Å². The number of aryl methyl sites for hydroxylation is 1. The Balaban J connectivity index is 1.56. The summed E-state index contributed by atoms with van der Waals surface area (Å²) in [5, 5.41) is 16.3. The van der Waals surface area contributed by atoms with Crippen molar-refractivity contribution in [3.63, 3.8) is 0 Å². The fourth-order valence-corrected chi connectivity index (χ4v) is 4.11. The Morgan fingerprint density at radius 2 is 2.03 bits per heavy atom. The molecule has 0 aliphatic heterocycles. The molecule has 1 aromatic heterocycles. The average Bonchev–Trinajstić information content (AvgIpc) is 3.15. The van der Waals surface area contributed by atoms with Crippen LogP contribution in [-0.4, -0.2) is 36.2 Å². The Kier molecular flexibility index (Phi) is 5.81. The van der Waals surface area contributed by atoms with Crippen LogP contribution in [0.1, 0.15) is 40.5 Å². The number of hydrazone groups is 1. The summed E-state index contributed by atoms with van der Waals surface area (Å²) in [7, 11) is 2.78. The summed E-state index contributed by atoms with van der Waals surface area (Å²) in [6.45, 7) is 2.24. The molecule has 9 nitrogen and oxygen atoms in total. The second kappa shape index (κ2) is 8.70. The van der Waals surface area contributed by atoms with Crippen LogP contribution < -0.4 is 14.9 Å². The van der Waals surface area contributed by atoms with Gasteiger partial charge < -0.3 is 14.5 Å². The lowest BCUT2D eigenvalue weighted by Gasteiger charge is -2.18. The summed E-state index contributed by atoms with van der Waals surface area (Å²) in [5.74, 6) is 0.654. The van der Waals surface area contributed by atoms with Crippen LogP contribution in [0.5, 0.6) is 11.5 Å². The number of nitrogens with zero attached hydrogens (tertiary/aromatic N) is 2. The van der Waals surface area contributed by atoms with Crippen LogP contribution >= 0.6 is 0 Å². The fourth-order valence-electron chi connectivity index (χ4n) is 4.11. The minimum absolute atomic E-state index is 0.0745. The molecule has 1 heterocycles. The highest BCUT2D eigenvalue weighted by atomic mass is 16.6. The third kappa shape index (κ3) is 4.01. The largest absolute Gasteiger partial charge is 0.496 e. The lowest BCUT2D eigenvalue weighted by Crippen LogP contribution is -2.17. The van der Waals surface area contributed by atoms with Gasteiger partial charge in [0, 0.05) is 39.9 Å². The van der Waals surface area contributed by atoms with Crippen LogP contribution in [0, 0.1) is 16.0 Å². The minimum atomic E-state index is -0.554. The van der Waals surface area contributed by atoms with E-state index in [-0.39, 0.29) is 17.3 Å². The third-order valence-corrected chi connectivity index (χ3v) is 5.79. The van der Waals surface area contributed by atoms with Crippen molar-refractivity contribution in [2.45, 2.75) is 26.2 Å². The predicted octanol–water partition coefficient (Wildman–Crippen LogP) is 3.98. The number of H-pyrrole nitrogens is 1. The van der Waals surface area contributed by atoms with Gasteiger partial charge in [-0.05, 0) is 48.9 Å². The van der Waals surface area contributed by atoms with Crippen molar-refractivity contribution < 1.29 is 19.2 Å². The molecule has 1 aliphatic carbocycles. The molecule has 0 fully saturated rings. The first-order valence-electron chi connectivity index (χ1n) is 10.3. The average molecular weight is 436 g/mol. The molecule has 9 heteroatoms. The minimum Gasteiger partial charge on any atom is -0.496 e. The summed E-state index contributed by atoms with van der Waals surface area (Å²) >= 11 is 0. The number of benzene rings is 2. The lowest BCUT2D eigenvalue weighted by molar-refractivity contribution is -0.385. The molecular formula is C23H24N4O5. The molecule has 1 unspecified atom stereocenters. The molecule has 4 rings (SSSR count). The predicted molar refractivity (Wildman–Crippen MR) is 121 cm³/mol. The van der Waals surface area contributed by atoms with Crippen molar-refractivity contribution in [2.24, 2.45) is 11.0 Å². The summed E-state index contributed by atoms with van der Waals surface area (Å²) in [6, 6.07) is 8.23. The van der Waals surface area contributed by atoms with Crippen molar-refractivity contribution in [1.29, 1.82) is 0 Å². The van der Waals surface area contributed by atoms with Crippen molar-refractivity contribution in [3.05, 3.63) is 62.8 Å². The van der Waals surface area contributed by atoms with E-state index in [0.29, 0.717) is 22.8 Å². The number of carbonyl (C=O) groups is 1. The monoisotopic (exact) mass is 436 g/mol. The van der Waals surface area contributed by atoms with Gasteiger partial charge in [0.1, 0.15) is 5.75 Å². The van der Waals surface area contributed by atoms with Gasteiger partial charge in [-0.25, -0.2) is 5.43 Å². The van der Waals surface area contributed by atoms with Gasteiger partial charge in [0.2, 0.25) is 5.75 Å². The molecular weight excluding hydrogens is 412 g/mol. The number of hydrogen-bond donors (Lipinski definition) is 2. The van der Waals surface area contributed by atoms with E-state index in [9.17, 15) is 14.9 Å². The van der Waals surface area contributed by atoms with Crippen molar-refractivity contribution in [1.82, 2.24) is 10.4 Å². The Bertz CT molecular complexity index is 1230. The van der Waals surface area contributed by atoms with E-state index < -0.39 is 4.92 Å². The van der Waals surface area contributed by atoms with E-state index >= 15 is 0 Å². The molecule has 1 amide bonds. The van der Waals surface area contributed by atoms with E-state index in [1.165, 1.54) is 43.8 Å². The number of carbonyl (C=O) groups excluding carboxylic acids is 1. The van der Waals surface area contributed by atoms with Crippen LogP contribution in [0.15, 0.2) is 35.4 Å². The number of nitrogens with one attached hydrogen (secondary N) is 2. The van der Waals surface area contributed by atoms with Gasteiger partial charge in [0.15, 0.2) is 0 Å². The van der Waals surface area contributed by atoms with Crippen LogP contribution in [0.4, 0.5) is 5.69 Å². The van der Waals surface area contributed by atoms with Gasteiger partial charge in [-0.2, -0.15) is 5.10 Å². The third-order valence-electron chi connectivity index (χ3n) is 5.79. The van der Waals surface area contributed by atoms with E-state index in [2.05, 4.69) is 22.4 Å². The molecule has 1 atom stereocenters.